The summed E-state index contributed by atoms with van der Waals surface area (Å²) in [6, 6.07) is 10.3. The molecule has 1 aromatic rings. The van der Waals surface area contributed by atoms with Crippen molar-refractivity contribution in [3.05, 3.63) is 35.9 Å². The van der Waals surface area contributed by atoms with Gasteiger partial charge in [0.2, 0.25) is 0 Å². The van der Waals surface area contributed by atoms with Gasteiger partial charge < -0.3 is 29.2 Å². The van der Waals surface area contributed by atoms with E-state index in [1.54, 1.807) is 0 Å². The van der Waals surface area contributed by atoms with Crippen molar-refractivity contribution in [2.45, 2.75) is 109 Å². The van der Waals surface area contributed by atoms with Crippen LogP contribution in [0.2, 0.25) is 0 Å². The van der Waals surface area contributed by atoms with Crippen molar-refractivity contribution in [3.63, 3.8) is 0 Å². The van der Waals surface area contributed by atoms with Crippen LogP contribution in [0.25, 0.3) is 0 Å². The van der Waals surface area contributed by atoms with Crippen LogP contribution in [0.3, 0.4) is 0 Å². The van der Waals surface area contributed by atoms with Crippen LogP contribution in [0.1, 0.15) is 78.2 Å². The minimum atomic E-state index is -1.81. The highest BCUT2D eigenvalue weighted by Crippen LogP contribution is 2.56. The molecule has 3 aliphatic heterocycles. The van der Waals surface area contributed by atoms with E-state index in [0.717, 1.165) is 25.7 Å². The maximum Gasteiger partial charge on any atom is 0.311 e. The van der Waals surface area contributed by atoms with Crippen LogP contribution in [0.4, 0.5) is 0 Å². The maximum atomic E-state index is 12.8. The number of cyclic esters (lactones) is 1. The molecule has 3 heterocycles. The number of carbonyl (C=O) groups is 2. The highest BCUT2D eigenvalue weighted by atomic mass is 16.8. The van der Waals surface area contributed by atoms with Crippen LogP contribution in [0.5, 0.6) is 0 Å². The molecule has 3 saturated heterocycles. The third-order valence-electron chi connectivity index (χ3n) is 8.57. The molecule has 0 radical (unpaired) electrons. The van der Waals surface area contributed by atoms with E-state index in [-0.39, 0.29) is 30.8 Å². The number of aliphatic hydroxyl groups excluding tert-OH is 1. The number of unbranched alkanes of at least 4 members (excludes halogenated alkanes) is 1. The number of aliphatic hydroxyl groups is 2. The SMILES string of the molecule is C[C@H]1[C@@H]2C[C@]3(O[C@@H]1CCCCc1ccccc1)O[C@@](O)(CC(=O)O[C@@H](CO)CC(=O)O2)[C@H](C)CC3(C)C. The quantitative estimate of drug-likeness (QED) is 0.431. The van der Waals surface area contributed by atoms with Crippen LogP contribution < -0.4 is 0 Å². The number of carbonyl (C=O) groups excluding carboxylic acids is 2. The molecule has 8 nitrogen and oxygen atoms in total. The Balaban J connectivity index is 1.60. The van der Waals surface area contributed by atoms with E-state index >= 15 is 0 Å². The minimum Gasteiger partial charge on any atom is -0.462 e. The van der Waals surface area contributed by atoms with Crippen LogP contribution in [-0.2, 0) is 35.0 Å². The van der Waals surface area contributed by atoms with Crippen molar-refractivity contribution in [2.24, 2.45) is 17.3 Å². The van der Waals surface area contributed by atoms with E-state index in [1.165, 1.54) is 5.56 Å². The molecular formula is C29H42O8. The molecule has 8 heteroatoms. The summed E-state index contributed by atoms with van der Waals surface area (Å²) in [5.74, 6) is -4.80. The van der Waals surface area contributed by atoms with Crippen LogP contribution in [0.15, 0.2) is 30.3 Å². The molecule has 0 aromatic heterocycles. The van der Waals surface area contributed by atoms with E-state index < -0.39 is 54.2 Å². The molecule has 37 heavy (non-hydrogen) atoms. The summed E-state index contributed by atoms with van der Waals surface area (Å²) in [6.07, 6.45) is 1.94. The predicted octanol–water partition coefficient (Wildman–Crippen LogP) is 3.90. The normalized spacial score (nSPS) is 38.1. The molecule has 3 fully saturated rings. The van der Waals surface area contributed by atoms with Crippen LogP contribution >= 0.6 is 0 Å². The number of fused-ring (bicyclic) bond motifs is 2. The van der Waals surface area contributed by atoms with E-state index in [4.69, 9.17) is 18.9 Å². The van der Waals surface area contributed by atoms with Gasteiger partial charge in [-0.1, -0.05) is 64.4 Å². The van der Waals surface area contributed by atoms with Gasteiger partial charge in [0.05, 0.1) is 25.6 Å². The van der Waals surface area contributed by atoms with Crippen LogP contribution in [-0.4, -0.2) is 58.6 Å². The van der Waals surface area contributed by atoms with Gasteiger partial charge in [-0.3, -0.25) is 9.59 Å². The zero-order chi connectivity index (χ0) is 26.8. The van der Waals surface area contributed by atoms with Gasteiger partial charge in [-0.15, -0.1) is 0 Å². The average Bonchev–Trinajstić information content (AvgIpc) is 2.82. The summed E-state index contributed by atoms with van der Waals surface area (Å²) in [4.78, 5) is 25.5. The van der Waals surface area contributed by atoms with E-state index in [0.29, 0.717) is 6.42 Å². The van der Waals surface area contributed by atoms with Gasteiger partial charge in [0.1, 0.15) is 12.2 Å². The maximum absolute atomic E-state index is 12.8. The monoisotopic (exact) mass is 518 g/mol. The number of ether oxygens (including phenoxy) is 4. The van der Waals surface area contributed by atoms with E-state index in [1.807, 2.05) is 45.9 Å². The Bertz CT molecular complexity index is 948. The minimum absolute atomic E-state index is 0.101. The van der Waals surface area contributed by atoms with Gasteiger partial charge >= 0.3 is 11.9 Å². The first-order chi connectivity index (χ1) is 17.5. The first kappa shape index (κ1) is 28.0. The topological polar surface area (TPSA) is 112 Å². The number of aryl methyl sites for hydroxylation is 1. The standard InChI is InChI=1S/C29H42O8/c1-19-15-27(3,4)29-16-24(20(2)23(36-29)13-9-8-12-21-10-6-5-7-11-21)35-25(31)14-22(18-30)34-26(32)17-28(19,33)37-29/h5-7,10-11,19-20,22-24,30,33H,8-9,12-18H2,1-4H3/t19-,20-,22-,23-,24+,28+,29+/m1/s1. The first-order valence-corrected chi connectivity index (χ1v) is 13.6. The van der Waals surface area contributed by atoms with Crippen molar-refractivity contribution < 1.29 is 38.7 Å². The second-order valence-electron chi connectivity index (χ2n) is 11.8. The molecule has 206 valence electrons. The summed E-state index contributed by atoms with van der Waals surface area (Å²) in [5.41, 5.74) is 0.770. The number of rotatable bonds is 6. The van der Waals surface area contributed by atoms with Gasteiger partial charge in [-0.2, -0.15) is 0 Å². The smallest absolute Gasteiger partial charge is 0.311 e. The molecule has 0 amide bonds. The predicted molar refractivity (Wildman–Crippen MR) is 135 cm³/mol. The zero-order valence-electron chi connectivity index (χ0n) is 22.5. The van der Waals surface area contributed by atoms with Crippen molar-refractivity contribution in [2.75, 3.05) is 6.61 Å². The molecule has 7 atom stereocenters. The lowest BCUT2D eigenvalue weighted by Crippen LogP contribution is -2.68. The second-order valence-corrected chi connectivity index (χ2v) is 11.8. The zero-order valence-corrected chi connectivity index (χ0v) is 22.5. The Labute approximate surface area is 219 Å². The fourth-order valence-corrected chi connectivity index (χ4v) is 6.18. The molecule has 1 aromatic carbocycles. The Morgan fingerprint density at radius 3 is 2.43 bits per heavy atom. The van der Waals surface area contributed by atoms with E-state index in [2.05, 4.69) is 12.1 Å². The summed E-state index contributed by atoms with van der Waals surface area (Å²) in [7, 11) is 0. The highest BCUT2D eigenvalue weighted by Gasteiger charge is 2.64. The largest absolute Gasteiger partial charge is 0.462 e. The van der Waals surface area contributed by atoms with Gasteiger partial charge in [0, 0.05) is 23.7 Å². The summed E-state index contributed by atoms with van der Waals surface area (Å²) < 4.78 is 24.4. The van der Waals surface area contributed by atoms with Crippen molar-refractivity contribution in [3.8, 4) is 0 Å². The number of hydrogen-bond donors (Lipinski definition) is 2. The van der Waals surface area contributed by atoms with Crippen molar-refractivity contribution in [1.29, 1.82) is 0 Å². The molecular weight excluding hydrogens is 476 g/mol. The molecule has 0 saturated carbocycles. The Kier molecular flexibility index (Phi) is 8.34. The summed E-state index contributed by atoms with van der Waals surface area (Å²) in [5, 5.41) is 21.3. The Morgan fingerprint density at radius 2 is 1.73 bits per heavy atom. The molecule has 3 aliphatic rings. The Morgan fingerprint density at radius 1 is 1.00 bits per heavy atom. The molecule has 0 aliphatic carbocycles. The Hall–Kier alpha value is -2.00. The number of hydrogen-bond acceptors (Lipinski definition) is 8. The second kappa shape index (κ2) is 11.0. The molecule has 1 spiro atoms. The van der Waals surface area contributed by atoms with Crippen LogP contribution in [0, 0.1) is 17.3 Å². The number of esters is 2. The van der Waals surface area contributed by atoms with Gasteiger partial charge in [0.15, 0.2) is 11.6 Å². The van der Waals surface area contributed by atoms with E-state index in [9.17, 15) is 19.8 Å². The lowest BCUT2D eigenvalue weighted by molar-refractivity contribution is -0.449. The van der Waals surface area contributed by atoms with Crippen molar-refractivity contribution >= 4 is 11.9 Å². The number of benzene rings is 1. The van der Waals surface area contributed by atoms with Gasteiger partial charge in [-0.05, 0) is 31.2 Å². The van der Waals surface area contributed by atoms with Crippen molar-refractivity contribution in [1.82, 2.24) is 0 Å². The average molecular weight is 519 g/mol. The lowest BCUT2D eigenvalue weighted by Gasteiger charge is -2.60. The molecule has 2 N–H and O–H groups in total. The van der Waals surface area contributed by atoms with Gasteiger partial charge in [0.25, 0.3) is 0 Å². The first-order valence-electron chi connectivity index (χ1n) is 13.6. The third kappa shape index (κ3) is 6.03. The lowest BCUT2D eigenvalue weighted by atomic mass is 9.66. The fourth-order valence-electron chi connectivity index (χ4n) is 6.18. The molecule has 4 rings (SSSR count). The fraction of sp³-hybridized carbons (Fsp3) is 0.724. The molecule has 0 unspecified atom stereocenters. The molecule has 3 bridgehead atoms. The summed E-state index contributed by atoms with van der Waals surface area (Å²) >= 11 is 0. The summed E-state index contributed by atoms with van der Waals surface area (Å²) in [6.45, 7) is 7.43. The third-order valence-corrected chi connectivity index (χ3v) is 8.57. The van der Waals surface area contributed by atoms with Gasteiger partial charge in [-0.25, -0.2) is 0 Å². The highest BCUT2D eigenvalue weighted by molar-refractivity contribution is 5.73.